The van der Waals surface area contributed by atoms with Gasteiger partial charge in [-0.05, 0) is 32.4 Å². The third-order valence-corrected chi connectivity index (χ3v) is 2.94. The zero-order valence-corrected chi connectivity index (χ0v) is 9.03. The summed E-state index contributed by atoms with van der Waals surface area (Å²) in [4.78, 5) is 13.2. The van der Waals surface area contributed by atoms with Crippen LogP contribution in [0.15, 0.2) is 0 Å². The van der Waals surface area contributed by atoms with Gasteiger partial charge in [0.25, 0.3) is 0 Å². The Bertz CT molecular complexity index is 197. The molecule has 14 heavy (non-hydrogen) atoms. The van der Waals surface area contributed by atoms with Gasteiger partial charge in [0.1, 0.15) is 0 Å². The number of nitrogens with zero attached hydrogens (tertiary/aromatic N) is 1. The van der Waals surface area contributed by atoms with E-state index in [4.69, 9.17) is 5.73 Å². The first-order valence-corrected chi connectivity index (χ1v) is 5.14. The van der Waals surface area contributed by atoms with Crippen LogP contribution in [0.2, 0.25) is 0 Å². The van der Waals surface area contributed by atoms with Crippen molar-refractivity contribution in [1.82, 2.24) is 4.90 Å². The lowest BCUT2D eigenvalue weighted by Gasteiger charge is -2.34. The van der Waals surface area contributed by atoms with Crippen molar-refractivity contribution in [3.05, 3.63) is 0 Å². The number of methoxy groups -OCH3 is 1. The summed E-state index contributed by atoms with van der Waals surface area (Å²) in [5.41, 5.74) is 5.99. The molecule has 82 valence electrons. The highest BCUT2D eigenvalue weighted by Crippen LogP contribution is 2.19. The lowest BCUT2D eigenvalue weighted by Crippen LogP contribution is -2.45. The number of piperidine rings is 1. The van der Waals surface area contributed by atoms with E-state index in [-0.39, 0.29) is 12.0 Å². The molecule has 1 rings (SSSR count). The molecule has 0 aromatic rings. The van der Waals surface area contributed by atoms with E-state index in [2.05, 4.69) is 16.7 Å². The molecule has 0 saturated carbocycles. The zero-order chi connectivity index (χ0) is 10.6. The van der Waals surface area contributed by atoms with Crippen LogP contribution in [0, 0.1) is 5.92 Å². The maximum absolute atomic E-state index is 11.0. The normalized spacial score (nSPS) is 28.8. The van der Waals surface area contributed by atoms with Crippen molar-refractivity contribution in [3.63, 3.8) is 0 Å². The van der Waals surface area contributed by atoms with Gasteiger partial charge in [-0.2, -0.15) is 0 Å². The average Bonchev–Trinajstić information content (AvgIpc) is 2.19. The minimum absolute atomic E-state index is 0.134. The van der Waals surface area contributed by atoms with Crippen molar-refractivity contribution in [1.29, 1.82) is 0 Å². The molecule has 4 nitrogen and oxygen atoms in total. The fraction of sp³-hybridized carbons (Fsp3) is 0.900. The van der Waals surface area contributed by atoms with Crippen molar-refractivity contribution in [2.75, 3.05) is 27.2 Å². The monoisotopic (exact) mass is 200 g/mol. The third kappa shape index (κ3) is 3.27. The summed E-state index contributed by atoms with van der Waals surface area (Å²) in [6, 6.07) is 0.246. The van der Waals surface area contributed by atoms with Crippen LogP contribution in [0.25, 0.3) is 0 Å². The molecule has 0 aromatic carbocycles. The van der Waals surface area contributed by atoms with Crippen LogP contribution in [0.3, 0.4) is 0 Å². The van der Waals surface area contributed by atoms with Crippen LogP contribution >= 0.6 is 0 Å². The first kappa shape index (κ1) is 11.5. The van der Waals surface area contributed by atoms with Crippen LogP contribution in [0.5, 0.6) is 0 Å². The van der Waals surface area contributed by atoms with Gasteiger partial charge in [-0.1, -0.05) is 0 Å². The Morgan fingerprint density at radius 1 is 1.64 bits per heavy atom. The molecule has 1 saturated heterocycles. The Hall–Kier alpha value is -0.610. The summed E-state index contributed by atoms with van der Waals surface area (Å²) < 4.78 is 4.61. The number of ether oxygens (including phenoxy) is 1. The molecule has 4 heteroatoms. The fourth-order valence-electron chi connectivity index (χ4n) is 1.94. The minimum Gasteiger partial charge on any atom is -0.469 e. The number of rotatable bonds is 3. The largest absolute Gasteiger partial charge is 0.469 e. The zero-order valence-electron chi connectivity index (χ0n) is 9.03. The molecule has 0 aliphatic carbocycles. The number of carbonyl (C=O) groups is 1. The predicted octanol–water partition coefficient (Wildman–Crippen LogP) is 0.219. The van der Waals surface area contributed by atoms with Crippen LogP contribution < -0.4 is 5.73 Å². The molecule has 0 amide bonds. The van der Waals surface area contributed by atoms with Gasteiger partial charge in [0.15, 0.2) is 0 Å². The van der Waals surface area contributed by atoms with E-state index in [1.807, 2.05) is 0 Å². The molecule has 1 aliphatic heterocycles. The molecule has 1 heterocycles. The average molecular weight is 200 g/mol. The highest BCUT2D eigenvalue weighted by Gasteiger charge is 2.24. The number of likely N-dealkylation sites (tertiary alicyclic amines) is 1. The number of esters is 1. The van der Waals surface area contributed by atoms with E-state index < -0.39 is 0 Å². The van der Waals surface area contributed by atoms with E-state index in [9.17, 15) is 4.79 Å². The highest BCUT2D eigenvalue weighted by atomic mass is 16.5. The second-order valence-corrected chi connectivity index (χ2v) is 4.09. The Balaban J connectivity index is 2.30. The standard InChI is InChI=1S/C10H20N2O2/c1-12-6-5-9(11)8(7-12)3-4-10(13)14-2/h8-9H,3-7,11H2,1-2H3/t8-,9-/m0/s1. The quantitative estimate of drug-likeness (QED) is 0.662. The summed E-state index contributed by atoms with van der Waals surface area (Å²) in [7, 11) is 3.52. The molecule has 2 atom stereocenters. The van der Waals surface area contributed by atoms with Gasteiger partial charge in [0.05, 0.1) is 7.11 Å². The van der Waals surface area contributed by atoms with Gasteiger partial charge >= 0.3 is 5.97 Å². The lowest BCUT2D eigenvalue weighted by molar-refractivity contribution is -0.141. The van der Waals surface area contributed by atoms with E-state index in [0.29, 0.717) is 12.3 Å². The topological polar surface area (TPSA) is 55.6 Å². The van der Waals surface area contributed by atoms with Crippen molar-refractivity contribution in [2.24, 2.45) is 11.7 Å². The van der Waals surface area contributed by atoms with Crippen LogP contribution in [-0.2, 0) is 9.53 Å². The highest BCUT2D eigenvalue weighted by molar-refractivity contribution is 5.69. The van der Waals surface area contributed by atoms with Crippen LogP contribution in [0.4, 0.5) is 0 Å². The van der Waals surface area contributed by atoms with Gasteiger partial charge in [-0.3, -0.25) is 4.79 Å². The molecule has 0 spiro atoms. The van der Waals surface area contributed by atoms with E-state index in [1.165, 1.54) is 7.11 Å². The number of nitrogens with two attached hydrogens (primary N) is 1. The second kappa shape index (κ2) is 5.32. The van der Waals surface area contributed by atoms with E-state index >= 15 is 0 Å². The molecular formula is C10H20N2O2. The summed E-state index contributed by atoms with van der Waals surface area (Å²) >= 11 is 0. The smallest absolute Gasteiger partial charge is 0.305 e. The maximum atomic E-state index is 11.0. The lowest BCUT2D eigenvalue weighted by atomic mass is 9.89. The Morgan fingerprint density at radius 2 is 2.36 bits per heavy atom. The van der Waals surface area contributed by atoms with E-state index in [1.54, 1.807) is 0 Å². The predicted molar refractivity (Wildman–Crippen MR) is 54.8 cm³/mol. The SMILES string of the molecule is COC(=O)CC[C@H]1CN(C)CC[C@@H]1N. The Kier molecular flexibility index (Phi) is 4.35. The van der Waals surface area contributed by atoms with Gasteiger partial charge < -0.3 is 15.4 Å². The summed E-state index contributed by atoms with van der Waals surface area (Å²) in [6.45, 7) is 2.06. The van der Waals surface area contributed by atoms with Gasteiger partial charge in [0.2, 0.25) is 0 Å². The van der Waals surface area contributed by atoms with Gasteiger partial charge in [0, 0.05) is 19.0 Å². The van der Waals surface area contributed by atoms with Gasteiger partial charge in [-0.15, -0.1) is 0 Å². The molecule has 1 fully saturated rings. The minimum atomic E-state index is -0.134. The summed E-state index contributed by atoms with van der Waals surface area (Å²) in [5, 5.41) is 0. The van der Waals surface area contributed by atoms with E-state index in [0.717, 1.165) is 25.9 Å². The molecule has 1 aliphatic rings. The molecule has 2 N–H and O–H groups in total. The van der Waals surface area contributed by atoms with Gasteiger partial charge in [-0.25, -0.2) is 0 Å². The third-order valence-electron chi connectivity index (χ3n) is 2.94. The molecule has 0 aromatic heterocycles. The Labute approximate surface area is 85.4 Å². The van der Waals surface area contributed by atoms with Crippen molar-refractivity contribution in [3.8, 4) is 0 Å². The van der Waals surface area contributed by atoms with Crippen molar-refractivity contribution >= 4 is 5.97 Å². The maximum Gasteiger partial charge on any atom is 0.305 e. The van der Waals surface area contributed by atoms with Crippen LogP contribution in [-0.4, -0.2) is 44.2 Å². The molecular weight excluding hydrogens is 180 g/mol. The second-order valence-electron chi connectivity index (χ2n) is 4.09. The first-order chi connectivity index (χ1) is 6.63. The number of hydrogen-bond donors (Lipinski definition) is 1. The summed E-state index contributed by atoms with van der Waals surface area (Å²) in [6.07, 6.45) is 2.36. The number of carbonyl (C=O) groups excluding carboxylic acids is 1. The van der Waals surface area contributed by atoms with Crippen LogP contribution in [0.1, 0.15) is 19.3 Å². The van der Waals surface area contributed by atoms with Crippen molar-refractivity contribution in [2.45, 2.75) is 25.3 Å². The molecule has 0 unspecified atom stereocenters. The Morgan fingerprint density at radius 3 is 3.00 bits per heavy atom. The summed E-state index contributed by atoms with van der Waals surface area (Å²) in [5.74, 6) is 0.304. The first-order valence-electron chi connectivity index (χ1n) is 5.14. The molecule has 0 bridgehead atoms. The number of hydrogen-bond acceptors (Lipinski definition) is 4. The molecule has 0 radical (unpaired) electrons. The fourth-order valence-corrected chi connectivity index (χ4v) is 1.94. The van der Waals surface area contributed by atoms with Crippen molar-refractivity contribution < 1.29 is 9.53 Å².